The summed E-state index contributed by atoms with van der Waals surface area (Å²) in [5, 5.41) is 1.01. The van der Waals surface area contributed by atoms with Gasteiger partial charge in [0, 0.05) is 0 Å². The summed E-state index contributed by atoms with van der Waals surface area (Å²) in [6.07, 6.45) is 2.38. The van der Waals surface area contributed by atoms with Gasteiger partial charge in [0.05, 0.1) is 19.1 Å². The lowest BCUT2D eigenvalue weighted by Gasteiger charge is -2.13. The van der Waals surface area contributed by atoms with Crippen LogP contribution in [-0.2, 0) is 14.5 Å². The van der Waals surface area contributed by atoms with Gasteiger partial charge in [-0.15, -0.1) is 0 Å². The first-order valence-electron chi connectivity index (χ1n) is 4.36. The zero-order chi connectivity index (χ0) is 8.97. The Morgan fingerprint density at radius 3 is 3.00 bits per heavy atom. The molecule has 1 fully saturated rings. The van der Waals surface area contributed by atoms with E-state index in [9.17, 15) is 4.79 Å². The maximum absolute atomic E-state index is 11.1. The number of carbonyl (C=O) groups is 1. The molecular weight excluding hydrogens is 158 g/mol. The second kappa shape index (κ2) is 4.42. The van der Waals surface area contributed by atoms with E-state index in [1.165, 1.54) is 0 Å². The maximum atomic E-state index is 11.1. The molecule has 0 aromatic heterocycles. The van der Waals surface area contributed by atoms with E-state index < -0.39 is 0 Å². The minimum Gasteiger partial charge on any atom is -0.270 e. The Morgan fingerprint density at radius 2 is 2.50 bits per heavy atom. The number of rotatable bonds is 4. The van der Waals surface area contributed by atoms with Gasteiger partial charge < -0.3 is 0 Å². The van der Waals surface area contributed by atoms with Gasteiger partial charge in [0.2, 0.25) is 0 Å². The fraction of sp³-hybridized carbons (Fsp3) is 0.875. The van der Waals surface area contributed by atoms with E-state index in [4.69, 9.17) is 9.68 Å². The number of amides is 1. The van der Waals surface area contributed by atoms with Crippen LogP contribution in [0.15, 0.2) is 0 Å². The molecule has 1 amide bonds. The molecule has 1 saturated heterocycles. The number of carbonyl (C=O) groups excluding carboxylic acids is 1. The normalized spacial score (nSPS) is 23.7. The van der Waals surface area contributed by atoms with Crippen molar-refractivity contribution >= 4 is 5.91 Å². The standard InChI is InChI=1S/C8H15NO3/c1-3-4-5-11-9-8(10)6-7(2)12-9/h7H,3-6H2,1-2H3. The smallest absolute Gasteiger partial charge is 0.270 e. The van der Waals surface area contributed by atoms with Gasteiger partial charge in [-0.2, -0.15) is 0 Å². The lowest BCUT2D eigenvalue weighted by molar-refractivity contribution is -0.333. The van der Waals surface area contributed by atoms with Crippen molar-refractivity contribution in [2.24, 2.45) is 0 Å². The number of unbranched alkanes of at least 4 members (excludes halogenated alkanes) is 1. The summed E-state index contributed by atoms with van der Waals surface area (Å²) in [7, 11) is 0. The first kappa shape index (κ1) is 9.48. The molecule has 1 aliphatic rings. The quantitative estimate of drug-likeness (QED) is 0.601. The molecule has 1 unspecified atom stereocenters. The number of hydrogen-bond donors (Lipinski definition) is 0. The van der Waals surface area contributed by atoms with Gasteiger partial charge in [-0.25, -0.2) is 9.68 Å². The molecule has 1 atom stereocenters. The summed E-state index contributed by atoms with van der Waals surface area (Å²) in [5.41, 5.74) is 0. The van der Waals surface area contributed by atoms with Crippen LogP contribution in [0.2, 0.25) is 0 Å². The molecule has 0 aliphatic carbocycles. The van der Waals surface area contributed by atoms with E-state index in [2.05, 4.69) is 6.92 Å². The third kappa shape index (κ3) is 2.46. The topological polar surface area (TPSA) is 38.8 Å². The molecule has 0 N–H and O–H groups in total. The molecule has 12 heavy (non-hydrogen) atoms. The Balaban J connectivity index is 2.19. The number of hydrogen-bond acceptors (Lipinski definition) is 3. The first-order valence-corrected chi connectivity index (χ1v) is 4.36. The number of hydroxylamine groups is 2. The Bertz CT molecular complexity index is 160. The molecule has 4 heteroatoms. The van der Waals surface area contributed by atoms with Gasteiger partial charge >= 0.3 is 0 Å². The molecule has 0 bridgehead atoms. The van der Waals surface area contributed by atoms with E-state index >= 15 is 0 Å². The van der Waals surface area contributed by atoms with Gasteiger partial charge in [-0.3, -0.25) is 4.79 Å². The average Bonchev–Trinajstić information content (AvgIpc) is 2.31. The van der Waals surface area contributed by atoms with E-state index in [0.717, 1.165) is 18.1 Å². The highest BCUT2D eigenvalue weighted by Gasteiger charge is 2.28. The summed E-state index contributed by atoms with van der Waals surface area (Å²) in [5.74, 6) is -0.0846. The van der Waals surface area contributed by atoms with Crippen LogP contribution in [0.1, 0.15) is 33.1 Å². The van der Waals surface area contributed by atoms with Crippen LogP contribution >= 0.6 is 0 Å². The Kier molecular flexibility index (Phi) is 3.49. The van der Waals surface area contributed by atoms with Crippen molar-refractivity contribution in [1.82, 2.24) is 5.23 Å². The highest BCUT2D eigenvalue weighted by Crippen LogP contribution is 2.14. The SMILES string of the molecule is CCCCON1OC(C)CC1=O. The van der Waals surface area contributed by atoms with Crippen molar-refractivity contribution in [1.29, 1.82) is 0 Å². The molecule has 0 saturated carbocycles. The maximum Gasteiger partial charge on any atom is 0.276 e. The van der Waals surface area contributed by atoms with Crippen LogP contribution < -0.4 is 0 Å². The highest BCUT2D eigenvalue weighted by molar-refractivity contribution is 5.75. The van der Waals surface area contributed by atoms with Crippen LogP contribution in [0.5, 0.6) is 0 Å². The summed E-state index contributed by atoms with van der Waals surface area (Å²) in [4.78, 5) is 21.2. The molecule has 4 nitrogen and oxygen atoms in total. The van der Waals surface area contributed by atoms with E-state index in [1.807, 2.05) is 6.92 Å². The van der Waals surface area contributed by atoms with Gasteiger partial charge in [0.1, 0.15) is 0 Å². The monoisotopic (exact) mass is 173 g/mol. The minimum atomic E-state index is -0.0846. The first-order chi connectivity index (χ1) is 5.74. The van der Waals surface area contributed by atoms with E-state index in [-0.39, 0.29) is 12.0 Å². The summed E-state index contributed by atoms with van der Waals surface area (Å²) < 4.78 is 0. The molecule has 0 spiro atoms. The largest absolute Gasteiger partial charge is 0.276 e. The van der Waals surface area contributed by atoms with Gasteiger partial charge in [0.15, 0.2) is 0 Å². The summed E-state index contributed by atoms with van der Waals surface area (Å²) in [6.45, 7) is 4.47. The second-order valence-corrected chi connectivity index (χ2v) is 2.96. The second-order valence-electron chi connectivity index (χ2n) is 2.96. The third-order valence-corrected chi connectivity index (χ3v) is 1.65. The van der Waals surface area contributed by atoms with Crippen LogP contribution in [0.25, 0.3) is 0 Å². The van der Waals surface area contributed by atoms with Crippen LogP contribution in [0.3, 0.4) is 0 Å². The van der Waals surface area contributed by atoms with Crippen molar-refractivity contribution < 1.29 is 14.5 Å². The Morgan fingerprint density at radius 1 is 1.75 bits per heavy atom. The van der Waals surface area contributed by atoms with Gasteiger partial charge in [-0.05, 0) is 13.3 Å². The van der Waals surface area contributed by atoms with Crippen molar-refractivity contribution in [3.05, 3.63) is 0 Å². The predicted molar refractivity (Wildman–Crippen MR) is 42.9 cm³/mol. The molecule has 0 radical (unpaired) electrons. The predicted octanol–water partition coefficient (Wildman–Crippen LogP) is 1.27. The van der Waals surface area contributed by atoms with Gasteiger partial charge in [-0.1, -0.05) is 18.6 Å². The summed E-state index contributed by atoms with van der Waals surface area (Å²) in [6, 6.07) is 0. The minimum absolute atomic E-state index is 0.0425. The zero-order valence-corrected chi connectivity index (χ0v) is 7.58. The fourth-order valence-electron chi connectivity index (χ4n) is 0.974. The zero-order valence-electron chi connectivity index (χ0n) is 7.58. The van der Waals surface area contributed by atoms with E-state index in [1.54, 1.807) is 0 Å². The molecule has 1 heterocycles. The molecule has 1 aliphatic heterocycles. The van der Waals surface area contributed by atoms with Gasteiger partial charge in [0.25, 0.3) is 5.91 Å². The molecule has 0 aromatic rings. The Hall–Kier alpha value is -0.610. The van der Waals surface area contributed by atoms with Crippen LogP contribution in [-0.4, -0.2) is 23.8 Å². The third-order valence-electron chi connectivity index (χ3n) is 1.65. The average molecular weight is 173 g/mol. The van der Waals surface area contributed by atoms with Crippen molar-refractivity contribution in [3.8, 4) is 0 Å². The highest BCUT2D eigenvalue weighted by atomic mass is 17.0. The lowest BCUT2D eigenvalue weighted by atomic mass is 10.3. The molecular formula is C8H15NO3. The van der Waals surface area contributed by atoms with Crippen LogP contribution in [0, 0.1) is 0 Å². The summed E-state index contributed by atoms with van der Waals surface area (Å²) >= 11 is 0. The Labute approximate surface area is 72.3 Å². The van der Waals surface area contributed by atoms with Crippen molar-refractivity contribution in [2.45, 2.75) is 39.2 Å². The lowest BCUT2D eigenvalue weighted by Crippen LogP contribution is -2.24. The molecule has 0 aromatic carbocycles. The molecule has 1 rings (SSSR count). The fourth-order valence-corrected chi connectivity index (χ4v) is 0.974. The van der Waals surface area contributed by atoms with E-state index in [0.29, 0.717) is 13.0 Å². The van der Waals surface area contributed by atoms with Crippen molar-refractivity contribution in [3.63, 3.8) is 0 Å². The number of nitrogens with zero attached hydrogens (tertiary/aromatic N) is 1. The van der Waals surface area contributed by atoms with Crippen LogP contribution in [0.4, 0.5) is 0 Å². The molecule has 70 valence electrons. The van der Waals surface area contributed by atoms with Crippen molar-refractivity contribution in [2.75, 3.05) is 6.61 Å².